The van der Waals surface area contributed by atoms with Crippen LogP contribution in [0.1, 0.15) is 19.8 Å². The molecule has 0 bridgehead atoms. The van der Waals surface area contributed by atoms with E-state index in [1.807, 2.05) is 0 Å². The minimum absolute atomic E-state index is 0.0495. The first-order chi connectivity index (χ1) is 5.68. The Morgan fingerprint density at radius 3 is 2.67 bits per heavy atom. The maximum Gasteiger partial charge on any atom is 0.249 e. The molecule has 0 rings (SSSR count). The summed E-state index contributed by atoms with van der Waals surface area (Å²) in [6.07, 6.45) is 5.02. The number of carbonyl (C=O) groups is 1. The minimum Gasteiger partial charge on any atom is -0.501 e. The lowest BCUT2D eigenvalue weighted by molar-refractivity contribution is -0.123. The molecule has 0 aliphatic carbocycles. The van der Waals surface area contributed by atoms with E-state index in [1.165, 1.54) is 17.2 Å². The highest BCUT2D eigenvalue weighted by atomic mass is 16.5. The van der Waals surface area contributed by atoms with Gasteiger partial charge in [0, 0.05) is 20.2 Å². The molecule has 0 unspecified atom stereocenters. The molecule has 70 valence electrons. The molecule has 0 heterocycles. The zero-order valence-corrected chi connectivity index (χ0v) is 8.04. The fraction of sp³-hybridized carbons (Fsp3) is 0.667. The summed E-state index contributed by atoms with van der Waals surface area (Å²) in [7, 11) is 3.41. The van der Waals surface area contributed by atoms with E-state index < -0.39 is 0 Å². The van der Waals surface area contributed by atoms with Crippen molar-refractivity contribution in [2.24, 2.45) is 0 Å². The second kappa shape index (κ2) is 6.70. The quantitative estimate of drug-likeness (QED) is 0.355. The summed E-state index contributed by atoms with van der Waals surface area (Å²) in [5.74, 6) is -0.0495. The topological polar surface area (TPSA) is 29.5 Å². The number of rotatable bonds is 5. The molecule has 0 spiro atoms. The molecule has 0 fully saturated rings. The van der Waals surface area contributed by atoms with Crippen molar-refractivity contribution in [2.75, 3.05) is 20.7 Å². The molecule has 3 nitrogen and oxygen atoms in total. The molecule has 1 amide bonds. The summed E-state index contributed by atoms with van der Waals surface area (Å²) in [6.45, 7) is 2.78. The van der Waals surface area contributed by atoms with Gasteiger partial charge < -0.3 is 9.64 Å². The largest absolute Gasteiger partial charge is 0.501 e. The molecular formula is C9H17NO2. The molecule has 0 aromatic rings. The van der Waals surface area contributed by atoms with Crippen molar-refractivity contribution >= 4 is 5.91 Å². The SMILES string of the molecule is CCCCOC=CC(=O)N(C)C. The zero-order valence-electron chi connectivity index (χ0n) is 8.04. The highest BCUT2D eigenvalue weighted by Gasteiger charge is 1.95. The van der Waals surface area contributed by atoms with Gasteiger partial charge in [0.1, 0.15) is 0 Å². The number of likely N-dealkylation sites (N-methyl/N-ethyl adjacent to an activating group) is 1. The highest BCUT2D eigenvalue weighted by molar-refractivity contribution is 5.86. The number of hydrogen-bond acceptors (Lipinski definition) is 2. The lowest BCUT2D eigenvalue weighted by Gasteiger charge is -2.05. The van der Waals surface area contributed by atoms with Crippen LogP contribution in [0.2, 0.25) is 0 Å². The third-order valence-corrected chi connectivity index (χ3v) is 1.36. The standard InChI is InChI=1S/C9H17NO2/c1-4-5-7-12-8-6-9(11)10(2)3/h6,8H,4-5,7H2,1-3H3. The summed E-state index contributed by atoms with van der Waals surface area (Å²) in [4.78, 5) is 12.4. The molecule has 0 aliphatic rings. The third kappa shape index (κ3) is 5.77. The first-order valence-corrected chi connectivity index (χ1v) is 4.18. The Morgan fingerprint density at radius 1 is 1.50 bits per heavy atom. The lowest BCUT2D eigenvalue weighted by Crippen LogP contribution is -2.18. The Balaban J connectivity index is 3.42. The van der Waals surface area contributed by atoms with E-state index in [1.54, 1.807) is 14.1 Å². The van der Waals surface area contributed by atoms with Crippen molar-refractivity contribution in [3.63, 3.8) is 0 Å². The average molecular weight is 171 g/mol. The van der Waals surface area contributed by atoms with Gasteiger partial charge in [0.05, 0.1) is 12.9 Å². The molecule has 12 heavy (non-hydrogen) atoms. The average Bonchev–Trinajstić information content (AvgIpc) is 2.03. The van der Waals surface area contributed by atoms with Crippen molar-refractivity contribution in [3.05, 3.63) is 12.3 Å². The maximum absolute atomic E-state index is 10.9. The van der Waals surface area contributed by atoms with Gasteiger partial charge in [0.25, 0.3) is 0 Å². The van der Waals surface area contributed by atoms with Gasteiger partial charge in [-0.15, -0.1) is 0 Å². The summed E-state index contributed by atoms with van der Waals surface area (Å²) >= 11 is 0. The molecule has 0 saturated carbocycles. The van der Waals surface area contributed by atoms with Crippen LogP contribution in [0.4, 0.5) is 0 Å². The van der Waals surface area contributed by atoms with E-state index in [0.717, 1.165) is 12.8 Å². The van der Waals surface area contributed by atoms with Gasteiger partial charge in [-0.05, 0) is 6.42 Å². The molecule has 0 atom stereocenters. The fourth-order valence-corrected chi connectivity index (χ4v) is 0.551. The zero-order chi connectivity index (χ0) is 9.40. The van der Waals surface area contributed by atoms with Crippen molar-refractivity contribution in [2.45, 2.75) is 19.8 Å². The Bertz CT molecular complexity index is 153. The Kier molecular flexibility index (Phi) is 6.15. The summed E-state index contributed by atoms with van der Waals surface area (Å²) < 4.78 is 5.07. The first kappa shape index (κ1) is 11.0. The van der Waals surface area contributed by atoms with E-state index >= 15 is 0 Å². The number of unbranched alkanes of at least 4 members (excludes halogenated alkanes) is 1. The summed E-state index contributed by atoms with van der Waals surface area (Å²) in [5.41, 5.74) is 0. The molecule has 0 aromatic carbocycles. The van der Waals surface area contributed by atoms with Crippen molar-refractivity contribution in [3.8, 4) is 0 Å². The smallest absolute Gasteiger partial charge is 0.249 e. The van der Waals surface area contributed by atoms with E-state index in [4.69, 9.17) is 4.74 Å². The number of ether oxygens (including phenoxy) is 1. The van der Waals surface area contributed by atoms with Crippen LogP contribution in [-0.4, -0.2) is 31.5 Å². The summed E-state index contributed by atoms with van der Waals surface area (Å²) in [6, 6.07) is 0. The van der Waals surface area contributed by atoms with Crippen LogP contribution in [0.15, 0.2) is 12.3 Å². The van der Waals surface area contributed by atoms with Gasteiger partial charge in [-0.2, -0.15) is 0 Å². The van der Waals surface area contributed by atoms with E-state index in [-0.39, 0.29) is 5.91 Å². The fourth-order valence-electron chi connectivity index (χ4n) is 0.551. The van der Waals surface area contributed by atoms with E-state index in [0.29, 0.717) is 6.61 Å². The lowest BCUT2D eigenvalue weighted by atomic mass is 10.4. The second-order valence-electron chi connectivity index (χ2n) is 2.76. The number of nitrogens with zero attached hydrogens (tertiary/aromatic N) is 1. The monoisotopic (exact) mass is 171 g/mol. The van der Waals surface area contributed by atoms with E-state index in [2.05, 4.69) is 6.92 Å². The third-order valence-electron chi connectivity index (χ3n) is 1.36. The van der Waals surface area contributed by atoms with Gasteiger partial charge in [-0.25, -0.2) is 0 Å². The van der Waals surface area contributed by atoms with E-state index in [9.17, 15) is 4.79 Å². The summed E-state index contributed by atoms with van der Waals surface area (Å²) in [5, 5.41) is 0. The van der Waals surface area contributed by atoms with Gasteiger partial charge >= 0.3 is 0 Å². The van der Waals surface area contributed by atoms with Crippen LogP contribution in [0.25, 0.3) is 0 Å². The minimum atomic E-state index is -0.0495. The Hall–Kier alpha value is -0.990. The molecule has 0 saturated heterocycles. The second-order valence-corrected chi connectivity index (χ2v) is 2.76. The number of carbonyl (C=O) groups excluding carboxylic acids is 1. The Morgan fingerprint density at radius 2 is 2.17 bits per heavy atom. The normalized spacial score (nSPS) is 10.2. The van der Waals surface area contributed by atoms with Crippen LogP contribution < -0.4 is 0 Å². The molecule has 0 radical (unpaired) electrons. The Labute approximate surface area is 74.0 Å². The number of amides is 1. The van der Waals surface area contributed by atoms with Gasteiger partial charge in [0.2, 0.25) is 5.91 Å². The number of hydrogen-bond donors (Lipinski definition) is 0. The van der Waals surface area contributed by atoms with Crippen LogP contribution >= 0.6 is 0 Å². The molecule has 3 heteroatoms. The van der Waals surface area contributed by atoms with Crippen molar-refractivity contribution in [1.29, 1.82) is 0 Å². The molecule has 0 aliphatic heterocycles. The van der Waals surface area contributed by atoms with Crippen LogP contribution in [0, 0.1) is 0 Å². The van der Waals surface area contributed by atoms with Crippen molar-refractivity contribution < 1.29 is 9.53 Å². The predicted octanol–water partition coefficient (Wildman–Crippen LogP) is 1.41. The van der Waals surface area contributed by atoms with Gasteiger partial charge in [-0.3, -0.25) is 4.79 Å². The first-order valence-electron chi connectivity index (χ1n) is 4.18. The van der Waals surface area contributed by atoms with Crippen molar-refractivity contribution in [1.82, 2.24) is 4.90 Å². The van der Waals surface area contributed by atoms with Gasteiger partial charge in [-0.1, -0.05) is 13.3 Å². The van der Waals surface area contributed by atoms with Crippen LogP contribution in [-0.2, 0) is 9.53 Å². The molecule has 0 aromatic heterocycles. The molecular weight excluding hydrogens is 154 g/mol. The van der Waals surface area contributed by atoms with Crippen LogP contribution in [0.5, 0.6) is 0 Å². The maximum atomic E-state index is 10.9. The highest BCUT2D eigenvalue weighted by Crippen LogP contribution is 1.89. The predicted molar refractivity (Wildman–Crippen MR) is 48.7 cm³/mol. The van der Waals surface area contributed by atoms with Gasteiger partial charge in [0.15, 0.2) is 0 Å². The molecule has 0 N–H and O–H groups in total. The van der Waals surface area contributed by atoms with Crippen LogP contribution in [0.3, 0.4) is 0 Å².